The molecule has 0 aliphatic heterocycles. The lowest BCUT2D eigenvalue weighted by Crippen LogP contribution is -2.19. The van der Waals surface area contributed by atoms with E-state index in [1.165, 1.54) is 13.1 Å². The van der Waals surface area contributed by atoms with Crippen molar-refractivity contribution in [1.82, 2.24) is 9.99 Å². The summed E-state index contributed by atoms with van der Waals surface area (Å²) in [5.74, 6) is -0.221. The molecule has 6 heteroatoms. The topological polar surface area (TPSA) is 72.7 Å². The molecule has 0 atom stereocenters. The Morgan fingerprint density at radius 2 is 1.69 bits per heavy atom. The highest BCUT2D eigenvalue weighted by atomic mass is 16.5. The number of rotatable bonds is 5. The van der Waals surface area contributed by atoms with E-state index in [0.29, 0.717) is 11.3 Å². The quantitative estimate of drug-likeness (QED) is 0.333. The van der Waals surface area contributed by atoms with Gasteiger partial charge in [-0.15, -0.1) is 0 Å². The molecule has 0 saturated heterocycles. The van der Waals surface area contributed by atoms with Crippen LogP contribution < -0.4 is 10.2 Å². The van der Waals surface area contributed by atoms with Crippen LogP contribution in [0, 0.1) is 0 Å². The molecule has 1 aromatic heterocycles. The molecule has 130 valence electrons. The first-order valence-corrected chi connectivity index (χ1v) is 7.98. The first kappa shape index (κ1) is 17.2. The number of nitrogens with one attached hydrogen (secondary N) is 1. The van der Waals surface area contributed by atoms with Gasteiger partial charge in [0.2, 0.25) is 0 Å². The number of hydrogen-bond acceptors (Lipinski definition) is 4. The number of esters is 1. The summed E-state index contributed by atoms with van der Waals surface area (Å²) in [4.78, 5) is 23.3. The van der Waals surface area contributed by atoms with E-state index in [0.717, 1.165) is 11.3 Å². The van der Waals surface area contributed by atoms with Crippen molar-refractivity contribution in [2.24, 2.45) is 5.10 Å². The number of hydrazone groups is 1. The first-order chi connectivity index (χ1) is 12.6. The number of amides is 1. The van der Waals surface area contributed by atoms with E-state index in [1.807, 2.05) is 41.2 Å². The van der Waals surface area contributed by atoms with Crippen LogP contribution in [0.3, 0.4) is 0 Å². The van der Waals surface area contributed by atoms with Gasteiger partial charge in [0.05, 0.1) is 17.5 Å². The van der Waals surface area contributed by atoms with Crippen LogP contribution in [-0.4, -0.2) is 22.7 Å². The van der Waals surface area contributed by atoms with Crippen molar-refractivity contribution in [3.05, 3.63) is 84.2 Å². The Balaban J connectivity index is 1.68. The van der Waals surface area contributed by atoms with Gasteiger partial charge in [0.25, 0.3) is 5.91 Å². The van der Waals surface area contributed by atoms with E-state index in [4.69, 9.17) is 4.74 Å². The number of carbonyl (C=O) groups is 2. The molecule has 0 spiro atoms. The molecule has 6 nitrogen and oxygen atoms in total. The van der Waals surface area contributed by atoms with Gasteiger partial charge in [-0.05, 0) is 54.1 Å². The minimum Gasteiger partial charge on any atom is -0.427 e. The van der Waals surface area contributed by atoms with Crippen molar-refractivity contribution < 1.29 is 14.3 Å². The number of nitrogens with zero attached hydrogens (tertiary/aromatic N) is 2. The van der Waals surface area contributed by atoms with E-state index in [9.17, 15) is 9.59 Å². The van der Waals surface area contributed by atoms with Crippen molar-refractivity contribution in [2.75, 3.05) is 0 Å². The molecule has 1 heterocycles. The Labute approximate surface area is 150 Å². The molecule has 0 bridgehead atoms. The summed E-state index contributed by atoms with van der Waals surface area (Å²) in [6, 6.07) is 17.9. The van der Waals surface area contributed by atoms with E-state index >= 15 is 0 Å². The second kappa shape index (κ2) is 7.94. The highest BCUT2D eigenvalue weighted by Crippen LogP contribution is 2.15. The Kier molecular flexibility index (Phi) is 5.24. The molecule has 0 radical (unpaired) electrons. The van der Waals surface area contributed by atoms with Crippen molar-refractivity contribution in [2.45, 2.75) is 6.92 Å². The van der Waals surface area contributed by atoms with Crippen LogP contribution in [0.4, 0.5) is 0 Å². The summed E-state index contributed by atoms with van der Waals surface area (Å²) in [7, 11) is 0. The van der Waals surface area contributed by atoms with Crippen LogP contribution in [0.2, 0.25) is 0 Å². The van der Waals surface area contributed by atoms with Crippen molar-refractivity contribution in [3.8, 4) is 11.4 Å². The molecule has 1 amide bonds. The first-order valence-electron chi connectivity index (χ1n) is 7.98. The molecule has 0 unspecified atom stereocenters. The van der Waals surface area contributed by atoms with Crippen LogP contribution in [0.5, 0.6) is 5.75 Å². The van der Waals surface area contributed by atoms with Crippen LogP contribution in [0.1, 0.15) is 22.8 Å². The van der Waals surface area contributed by atoms with Gasteiger partial charge in [0.15, 0.2) is 0 Å². The third kappa shape index (κ3) is 4.24. The highest BCUT2D eigenvalue weighted by Gasteiger charge is 2.10. The lowest BCUT2D eigenvalue weighted by atomic mass is 10.1. The van der Waals surface area contributed by atoms with Gasteiger partial charge in [-0.25, -0.2) is 5.43 Å². The fourth-order valence-electron chi connectivity index (χ4n) is 2.40. The molecule has 0 aliphatic rings. The summed E-state index contributed by atoms with van der Waals surface area (Å²) >= 11 is 0. The molecule has 2 aromatic carbocycles. The predicted octanol–water partition coefficient (Wildman–Crippen LogP) is 3.17. The third-order valence-electron chi connectivity index (χ3n) is 3.55. The molecule has 0 saturated carbocycles. The monoisotopic (exact) mass is 347 g/mol. The normalized spacial score (nSPS) is 10.7. The lowest BCUT2D eigenvalue weighted by molar-refractivity contribution is -0.131. The van der Waals surface area contributed by atoms with Crippen molar-refractivity contribution >= 4 is 18.1 Å². The summed E-state index contributed by atoms with van der Waals surface area (Å²) < 4.78 is 6.83. The maximum absolute atomic E-state index is 12.4. The number of carbonyl (C=O) groups excluding carboxylic acids is 2. The van der Waals surface area contributed by atoms with Crippen LogP contribution in [-0.2, 0) is 4.79 Å². The molecule has 0 aliphatic carbocycles. The van der Waals surface area contributed by atoms with E-state index < -0.39 is 0 Å². The lowest BCUT2D eigenvalue weighted by Gasteiger charge is -2.09. The Hall–Kier alpha value is -3.67. The third-order valence-corrected chi connectivity index (χ3v) is 3.55. The highest BCUT2D eigenvalue weighted by molar-refractivity contribution is 5.98. The van der Waals surface area contributed by atoms with Gasteiger partial charge >= 0.3 is 5.97 Å². The second-order valence-electron chi connectivity index (χ2n) is 5.47. The molecule has 26 heavy (non-hydrogen) atoms. The van der Waals surface area contributed by atoms with Crippen molar-refractivity contribution in [1.29, 1.82) is 0 Å². The molecule has 0 fully saturated rings. The van der Waals surface area contributed by atoms with Gasteiger partial charge in [-0.1, -0.05) is 12.1 Å². The van der Waals surface area contributed by atoms with Gasteiger partial charge < -0.3 is 9.30 Å². The number of hydrogen-bond donors (Lipinski definition) is 1. The maximum atomic E-state index is 12.4. The average Bonchev–Trinajstić information content (AvgIpc) is 3.17. The molecular formula is C20H17N3O3. The van der Waals surface area contributed by atoms with Gasteiger partial charge in [-0.3, -0.25) is 9.59 Å². The summed E-state index contributed by atoms with van der Waals surface area (Å²) in [6.45, 7) is 1.34. The average molecular weight is 347 g/mol. The number of aromatic nitrogens is 1. The molecule has 3 rings (SSSR count). The predicted molar refractivity (Wildman–Crippen MR) is 98.6 cm³/mol. The second-order valence-corrected chi connectivity index (χ2v) is 5.47. The van der Waals surface area contributed by atoms with Gasteiger partial charge in [0, 0.05) is 19.3 Å². The minimum absolute atomic E-state index is 0.304. The smallest absolute Gasteiger partial charge is 0.308 e. The summed E-state index contributed by atoms with van der Waals surface area (Å²) in [6.07, 6.45) is 5.27. The Morgan fingerprint density at radius 3 is 2.38 bits per heavy atom. The van der Waals surface area contributed by atoms with E-state index in [2.05, 4.69) is 10.5 Å². The van der Waals surface area contributed by atoms with Crippen molar-refractivity contribution in [3.63, 3.8) is 0 Å². The zero-order chi connectivity index (χ0) is 18.4. The van der Waals surface area contributed by atoms with Crippen LogP contribution in [0.25, 0.3) is 5.69 Å². The Morgan fingerprint density at radius 1 is 1.00 bits per heavy atom. The maximum Gasteiger partial charge on any atom is 0.308 e. The Bertz CT molecular complexity index is 929. The number of ether oxygens (including phenoxy) is 1. The summed E-state index contributed by atoms with van der Waals surface area (Å²) in [5, 5.41) is 3.99. The van der Waals surface area contributed by atoms with Gasteiger partial charge in [0.1, 0.15) is 5.75 Å². The number of benzene rings is 2. The van der Waals surface area contributed by atoms with Gasteiger partial charge in [-0.2, -0.15) is 5.10 Å². The summed E-state index contributed by atoms with van der Waals surface area (Å²) in [5.41, 5.74) is 4.59. The molecule has 3 aromatic rings. The fourth-order valence-corrected chi connectivity index (χ4v) is 2.40. The molecule has 1 N–H and O–H groups in total. The van der Waals surface area contributed by atoms with Crippen LogP contribution in [0.15, 0.2) is 78.2 Å². The number of para-hydroxylation sites is 1. The molecular weight excluding hydrogens is 330 g/mol. The largest absolute Gasteiger partial charge is 0.427 e. The zero-order valence-corrected chi connectivity index (χ0v) is 14.1. The van der Waals surface area contributed by atoms with Crippen LogP contribution >= 0.6 is 0 Å². The van der Waals surface area contributed by atoms with E-state index in [1.54, 1.807) is 36.4 Å². The van der Waals surface area contributed by atoms with E-state index in [-0.39, 0.29) is 11.9 Å². The standard InChI is InChI=1S/C20H17N3O3/c1-15(24)26-17-10-8-16(9-11-17)14-21-22-20(25)18-6-2-3-7-19(18)23-12-4-5-13-23/h2-14H,1H3,(H,22,25)/b21-14-. The zero-order valence-electron chi connectivity index (χ0n) is 14.1. The SMILES string of the molecule is CC(=O)Oc1ccc(/C=N\NC(=O)c2ccccc2-n2cccc2)cc1. The fraction of sp³-hybridized carbons (Fsp3) is 0.0500. The minimum atomic E-state index is -0.375.